The van der Waals surface area contributed by atoms with Crippen LogP contribution in [0.4, 0.5) is 5.69 Å². The van der Waals surface area contributed by atoms with Crippen LogP contribution in [0.25, 0.3) is 22.4 Å². The van der Waals surface area contributed by atoms with Gasteiger partial charge in [-0.3, -0.25) is 9.59 Å². The van der Waals surface area contributed by atoms with E-state index in [1.807, 2.05) is 43.3 Å². The van der Waals surface area contributed by atoms with Gasteiger partial charge in [-0.1, -0.05) is 59.6 Å². The second-order valence-electron chi connectivity index (χ2n) is 10.2. The number of aromatic nitrogens is 3. The summed E-state index contributed by atoms with van der Waals surface area (Å²) in [7, 11) is 3.00. The van der Waals surface area contributed by atoms with Crippen molar-refractivity contribution in [2.45, 2.75) is 32.0 Å². The van der Waals surface area contributed by atoms with Gasteiger partial charge in [0, 0.05) is 48.6 Å². The number of rotatable bonds is 8. The lowest BCUT2D eigenvalue weighted by Gasteiger charge is -2.28. The van der Waals surface area contributed by atoms with Crippen LogP contribution < -0.4 is 20.9 Å². The number of benzene rings is 2. The van der Waals surface area contributed by atoms with Crippen LogP contribution in [0.1, 0.15) is 27.9 Å². The molecule has 2 atom stereocenters. The molecule has 1 aliphatic rings. The van der Waals surface area contributed by atoms with Gasteiger partial charge in [0.25, 0.3) is 11.5 Å². The second-order valence-corrected chi connectivity index (χ2v) is 11.0. The topological polar surface area (TPSA) is 128 Å². The number of aryl methyl sites for hydroxylation is 1. The van der Waals surface area contributed by atoms with E-state index in [2.05, 4.69) is 15.7 Å². The number of carbonyl (C=O) groups is 1. The highest BCUT2D eigenvalue weighted by atomic mass is 35.5. The summed E-state index contributed by atoms with van der Waals surface area (Å²) in [6.07, 6.45) is 0.156. The van der Waals surface area contributed by atoms with E-state index in [0.717, 1.165) is 33.4 Å². The van der Waals surface area contributed by atoms with Crippen LogP contribution in [-0.4, -0.2) is 58.2 Å². The van der Waals surface area contributed by atoms with Crippen molar-refractivity contribution in [1.82, 2.24) is 20.1 Å². The Kier molecular flexibility index (Phi) is 9.43. The van der Waals surface area contributed by atoms with E-state index in [1.54, 1.807) is 19.2 Å². The predicted molar refractivity (Wildman–Crippen MR) is 166 cm³/mol. The molecule has 1 fully saturated rings. The van der Waals surface area contributed by atoms with Crippen LogP contribution in [0.5, 0.6) is 5.88 Å². The number of nitrogens with zero attached hydrogens (tertiary/aromatic N) is 3. The number of amides is 1. The SMILES string of the molecule is COc1nc(-c2cccc(-c3cccc(NC(=O)c4cc(Cl)nn(C)c4=O)c3C)c2Cl)ccc1CNC1CCOCC1O. The maximum Gasteiger partial charge on any atom is 0.279 e. The van der Waals surface area contributed by atoms with E-state index in [1.165, 1.54) is 13.1 Å². The molecule has 43 heavy (non-hydrogen) atoms. The van der Waals surface area contributed by atoms with Crippen molar-refractivity contribution in [3.63, 3.8) is 0 Å². The fourth-order valence-corrected chi connectivity index (χ4v) is 5.61. The van der Waals surface area contributed by atoms with Gasteiger partial charge in [-0.05, 0) is 42.7 Å². The zero-order valence-corrected chi connectivity index (χ0v) is 25.4. The number of hydrogen-bond acceptors (Lipinski definition) is 8. The monoisotopic (exact) mass is 623 g/mol. The Balaban J connectivity index is 1.41. The predicted octanol–water partition coefficient (Wildman–Crippen LogP) is 4.62. The molecule has 4 aromatic rings. The molecule has 1 saturated heterocycles. The van der Waals surface area contributed by atoms with Crippen molar-refractivity contribution in [1.29, 1.82) is 0 Å². The smallest absolute Gasteiger partial charge is 0.279 e. The van der Waals surface area contributed by atoms with Crippen LogP contribution in [-0.2, 0) is 18.3 Å². The average Bonchev–Trinajstić information content (AvgIpc) is 3.00. The summed E-state index contributed by atoms with van der Waals surface area (Å²) in [4.78, 5) is 30.2. The molecule has 12 heteroatoms. The molecule has 2 unspecified atom stereocenters. The lowest BCUT2D eigenvalue weighted by Crippen LogP contribution is -2.46. The van der Waals surface area contributed by atoms with Crippen molar-refractivity contribution in [3.8, 4) is 28.3 Å². The maximum absolute atomic E-state index is 13.0. The van der Waals surface area contributed by atoms with E-state index in [4.69, 9.17) is 37.7 Å². The molecule has 0 radical (unpaired) electrons. The molecule has 224 valence electrons. The standard InChI is InChI=1S/C31H31Cl2N5O5/c1-17-19(6-5-9-23(17)35-29(40)22-14-27(32)37-38(2)31(22)41)20-7-4-8-21(28(20)33)24-11-10-18(30(36-24)42-3)15-34-25-12-13-43-16-26(25)39/h4-11,14,25-26,34,39H,12-13,15-16H2,1-3H3,(H,35,40). The summed E-state index contributed by atoms with van der Waals surface area (Å²) < 4.78 is 11.9. The van der Waals surface area contributed by atoms with E-state index < -0.39 is 17.6 Å². The Morgan fingerprint density at radius 2 is 1.88 bits per heavy atom. The van der Waals surface area contributed by atoms with Gasteiger partial charge in [0.05, 0.1) is 30.5 Å². The van der Waals surface area contributed by atoms with Gasteiger partial charge < -0.3 is 25.2 Å². The number of carbonyl (C=O) groups excluding carboxylic acids is 1. The minimum absolute atomic E-state index is 0.0361. The molecular formula is C31H31Cl2N5O5. The van der Waals surface area contributed by atoms with Crippen LogP contribution in [0.15, 0.2) is 59.4 Å². The van der Waals surface area contributed by atoms with Gasteiger partial charge in [0.2, 0.25) is 5.88 Å². The molecule has 3 heterocycles. The first-order chi connectivity index (χ1) is 20.7. The second kappa shape index (κ2) is 13.2. The molecule has 1 aliphatic heterocycles. The Labute approximate surface area is 258 Å². The molecular weight excluding hydrogens is 593 g/mol. The van der Waals surface area contributed by atoms with E-state index in [-0.39, 0.29) is 16.8 Å². The molecule has 5 rings (SSSR count). The molecule has 2 aromatic heterocycles. The molecule has 3 N–H and O–H groups in total. The van der Waals surface area contributed by atoms with Crippen molar-refractivity contribution in [2.75, 3.05) is 25.6 Å². The van der Waals surface area contributed by atoms with Crippen molar-refractivity contribution >= 4 is 34.8 Å². The molecule has 0 aliphatic carbocycles. The van der Waals surface area contributed by atoms with Crippen molar-refractivity contribution in [3.05, 3.63) is 91.8 Å². The molecule has 0 spiro atoms. The minimum atomic E-state index is -0.595. The first-order valence-corrected chi connectivity index (χ1v) is 14.4. The highest BCUT2D eigenvalue weighted by molar-refractivity contribution is 6.36. The Morgan fingerprint density at radius 1 is 1.14 bits per heavy atom. The fraction of sp³-hybridized carbons (Fsp3) is 0.290. The number of nitrogens with one attached hydrogen (secondary N) is 2. The van der Waals surface area contributed by atoms with Gasteiger partial charge >= 0.3 is 0 Å². The molecule has 2 aromatic carbocycles. The number of halogens is 2. The highest BCUT2D eigenvalue weighted by Gasteiger charge is 2.24. The van der Waals surface area contributed by atoms with E-state index in [0.29, 0.717) is 47.6 Å². The normalized spacial score (nSPS) is 16.6. The molecule has 0 saturated carbocycles. The molecule has 1 amide bonds. The molecule has 10 nitrogen and oxygen atoms in total. The van der Waals surface area contributed by atoms with Crippen LogP contribution in [0, 0.1) is 6.92 Å². The lowest BCUT2D eigenvalue weighted by atomic mass is 9.96. The van der Waals surface area contributed by atoms with Gasteiger partial charge in [0.15, 0.2) is 5.15 Å². The Hall–Kier alpha value is -3.80. The maximum atomic E-state index is 13.0. The number of pyridine rings is 1. The van der Waals surface area contributed by atoms with Gasteiger partial charge in [-0.15, -0.1) is 0 Å². The summed E-state index contributed by atoms with van der Waals surface area (Å²) >= 11 is 13.0. The summed E-state index contributed by atoms with van der Waals surface area (Å²) in [6.45, 7) is 3.26. The summed E-state index contributed by atoms with van der Waals surface area (Å²) in [5.74, 6) is -0.140. The largest absolute Gasteiger partial charge is 0.481 e. The zero-order chi connectivity index (χ0) is 30.7. The summed E-state index contributed by atoms with van der Waals surface area (Å²) in [5.41, 5.74) is 4.34. The third-order valence-corrected chi connectivity index (χ3v) is 8.03. The van der Waals surface area contributed by atoms with Crippen LogP contribution in [0.2, 0.25) is 10.2 Å². The lowest BCUT2D eigenvalue weighted by molar-refractivity contribution is -0.0281. The number of anilines is 1. The molecule has 0 bridgehead atoms. The quantitative estimate of drug-likeness (QED) is 0.259. The first kappa shape index (κ1) is 30.7. The fourth-order valence-electron chi connectivity index (χ4n) is 5.06. The van der Waals surface area contributed by atoms with Gasteiger partial charge in [0.1, 0.15) is 5.56 Å². The third-order valence-electron chi connectivity index (χ3n) is 7.44. The van der Waals surface area contributed by atoms with Gasteiger partial charge in [-0.25, -0.2) is 9.67 Å². The highest BCUT2D eigenvalue weighted by Crippen LogP contribution is 2.39. The Bertz CT molecular complexity index is 1730. The number of aliphatic hydroxyl groups excluding tert-OH is 1. The first-order valence-electron chi connectivity index (χ1n) is 13.6. The number of ether oxygens (including phenoxy) is 2. The number of aliphatic hydroxyl groups is 1. The zero-order valence-electron chi connectivity index (χ0n) is 23.9. The minimum Gasteiger partial charge on any atom is -0.481 e. The number of hydrogen-bond donors (Lipinski definition) is 3. The average molecular weight is 625 g/mol. The van der Waals surface area contributed by atoms with Gasteiger partial charge in [-0.2, -0.15) is 5.10 Å². The summed E-state index contributed by atoms with van der Waals surface area (Å²) in [5, 5.41) is 20.7. The number of methoxy groups -OCH3 is 1. The third kappa shape index (κ3) is 6.58. The summed E-state index contributed by atoms with van der Waals surface area (Å²) in [6, 6.07) is 16.1. The van der Waals surface area contributed by atoms with Crippen LogP contribution in [0.3, 0.4) is 0 Å². The van der Waals surface area contributed by atoms with Crippen molar-refractivity contribution < 1.29 is 19.4 Å². The van der Waals surface area contributed by atoms with E-state index in [9.17, 15) is 14.7 Å². The van der Waals surface area contributed by atoms with Crippen LogP contribution >= 0.6 is 23.2 Å². The Morgan fingerprint density at radius 3 is 2.65 bits per heavy atom. The van der Waals surface area contributed by atoms with E-state index >= 15 is 0 Å². The van der Waals surface area contributed by atoms with Crippen molar-refractivity contribution in [2.24, 2.45) is 7.05 Å².